The van der Waals surface area contributed by atoms with Crippen LogP contribution in [-0.4, -0.2) is 26.5 Å². The van der Waals surface area contributed by atoms with Crippen LogP contribution < -0.4 is 0 Å². The van der Waals surface area contributed by atoms with Crippen molar-refractivity contribution in [1.82, 2.24) is 14.9 Å². The maximum Gasteiger partial charge on any atom is 0.237 e. The van der Waals surface area contributed by atoms with Gasteiger partial charge in [0.25, 0.3) is 0 Å². The highest BCUT2D eigenvalue weighted by Crippen LogP contribution is 2.28. The maximum atomic E-state index is 13.1. The molecule has 0 fully saturated rings. The van der Waals surface area contributed by atoms with Crippen LogP contribution in [0.1, 0.15) is 37.3 Å². The van der Waals surface area contributed by atoms with E-state index >= 15 is 0 Å². The van der Waals surface area contributed by atoms with Crippen LogP contribution in [0.15, 0.2) is 63.9 Å². The third kappa shape index (κ3) is 4.28. The first-order valence-corrected chi connectivity index (χ1v) is 10.6. The van der Waals surface area contributed by atoms with Gasteiger partial charge < -0.3 is 9.32 Å². The first kappa shape index (κ1) is 18.7. The highest BCUT2D eigenvalue weighted by molar-refractivity contribution is 8.00. The summed E-state index contributed by atoms with van der Waals surface area (Å²) in [5.74, 6) is 1.93. The van der Waals surface area contributed by atoms with Crippen LogP contribution in [0.4, 0.5) is 0 Å². The summed E-state index contributed by atoms with van der Waals surface area (Å²) in [5.41, 5.74) is 2.02. The summed E-state index contributed by atoms with van der Waals surface area (Å²) in [6, 6.07) is 11.7. The van der Waals surface area contributed by atoms with E-state index in [1.807, 2.05) is 48.2 Å². The fourth-order valence-electron chi connectivity index (χ4n) is 3.45. The first-order chi connectivity index (χ1) is 13.7. The predicted molar refractivity (Wildman–Crippen MR) is 111 cm³/mol. The van der Waals surface area contributed by atoms with Gasteiger partial charge in [-0.2, -0.15) is 0 Å². The largest absolute Gasteiger partial charge is 0.467 e. The Morgan fingerprint density at radius 1 is 1.18 bits per heavy atom. The lowest BCUT2D eigenvalue weighted by molar-refractivity contribution is -0.127. The number of hydrogen-bond donors (Lipinski definition) is 0. The van der Waals surface area contributed by atoms with E-state index in [9.17, 15) is 4.79 Å². The second-order valence-electron chi connectivity index (χ2n) is 6.88. The fourth-order valence-corrected chi connectivity index (χ4v) is 4.39. The zero-order chi connectivity index (χ0) is 19.3. The van der Waals surface area contributed by atoms with E-state index in [0.717, 1.165) is 52.5 Å². The Labute approximate surface area is 168 Å². The number of aromatic nitrogens is 2. The summed E-state index contributed by atoms with van der Waals surface area (Å²) >= 11 is 1.48. The minimum atomic E-state index is 0.0786. The molecule has 0 spiro atoms. The fraction of sp³-hybridized carbons (Fsp3) is 0.318. The Bertz CT molecular complexity index is 998. The molecule has 6 heteroatoms. The van der Waals surface area contributed by atoms with Crippen molar-refractivity contribution in [3.05, 3.63) is 66.0 Å². The van der Waals surface area contributed by atoms with Crippen molar-refractivity contribution in [3.8, 4) is 0 Å². The number of fused-ring (bicyclic) bond motifs is 1. The molecule has 28 heavy (non-hydrogen) atoms. The van der Waals surface area contributed by atoms with E-state index < -0.39 is 0 Å². The van der Waals surface area contributed by atoms with Gasteiger partial charge in [0.1, 0.15) is 16.6 Å². The van der Waals surface area contributed by atoms with Gasteiger partial charge in [0.2, 0.25) is 5.91 Å². The van der Waals surface area contributed by atoms with Crippen molar-refractivity contribution in [1.29, 1.82) is 0 Å². The van der Waals surface area contributed by atoms with E-state index in [4.69, 9.17) is 4.42 Å². The Balaban J connectivity index is 1.54. The molecule has 0 bridgehead atoms. The molecule has 2 aromatic heterocycles. The molecule has 1 aromatic carbocycles. The molecular formula is C22H23N3O2S. The number of rotatable bonds is 6. The highest BCUT2D eigenvalue weighted by atomic mass is 32.2. The number of para-hydroxylation sites is 1. The summed E-state index contributed by atoms with van der Waals surface area (Å²) in [5, 5.41) is 1.84. The molecule has 4 rings (SSSR count). The number of benzene rings is 1. The molecule has 1 aliphatic carbocycles. The number of furan rings is 1. The Morgan fingerprint density at radius 3 is 2.86 bits per heavy atom. The number of aryl methyl sites for hydroxylation is 1. The number of hydrogen-bond acceptors (Lipinski definition) is 5. The molecule has 5 nitrogen and oxygen atoms in total. The molecule has 0 saturated carbocycles. The first-order valence-electron chi connectivity index (χ1n) is 9.58. The molecule has 1 aliphatic rings. The number of carbonyl (C=O) groups is 1. The van der Waals surface area contributed by atoms with E-state index in [-0.39, 0.29) is 5.91 Å². The molecule has 0 unspecified atom stereocenters. The summed E-state index contributed by atoms with van der Waals surface area (Å²) in [6.07, 6.45) is 8.12. The standard InChI is InChI=1S/C22H23N3O2S/c1-16-23-20-12-6-5-11-19(20)22(24-16)28-15-21(26)25(14-18-10-7-13-27-18)17-8-3-2-4-9-17/h5-8,10-13H,2-4,9,14-15H2,1H3. The normalized spacial score (nSPS) is 14.1. The minimum Gasteiger partial charge on any atom is -0.467 e. The predicted octanol–water partition coefficient (Wildman–Crippen LogP) is 5.11. The quantitative estimate of drug-likeness (QED) is 0.430. The molecule has 2 heterocycles. The maximum absolute atomic E-state index is 13.1. The molecule has 0 aliphatic heterocycles. The van der Waals surface area contributed by atoms with Gasteiger partial charge in [0.05, 0.1) is 24.1 Å². The summed E-state index contributed by atoms with van der Waals surface area (Å²) in [7, 11) is 0. The van der Waals surface area contributed by atoms with Crippen LogP contribution in [0.3, 0.4) is 0 Å². The lowest BCUT2D eigenvalue weighted by Crippen LogP contribution is -2.32. The molecule has 0 radical (unpaired) electrons. The number of thioether (sulfide) groups is 1. The second kappa shape index (κ2) is 8.61. The lowest BCUT2D eigenvalue weighted by Gasteiger charge is -2.27. The summed E-state index contributed by atoms with van der Waals surface area (Å²) in [6.45, 7) is 2.36. The number of nitrogens with zero attached hydrogens (tertiary/aromatic N) is 3. The smallest absolute Gasteiger partial charge is 0.237 e. The van der Waals surface area contributed by atoms with Crippen molar-refractivity contribution in [2.75, 3.05) is 5.75 Å². The molecular weight excluding hydrogens is 370 g/mol. The van der Waals surface area contributed by atoms with Gasteiger partial charge in [0.15, 0.2) is 0 Å². The van der Waals surface area contributed by atoms with Gasteiger partial charge in [-0.15, -0.1) is 0 Å². The summed E-state index contributed by atoms with van der Waals surface area (Å²) < 4.78 is 5.49. The van der Waals surface area contributed by atoms with Gasteiger partial charge in [-0.3, -0.25) is 4.79 Å². The third-order valence-corrected chi connectivity index (χ3v) is 5.80. The van der Waals surface area contributed by atoms with E-state index in [2.05, 4.69) is 16.0 Å². The minimum absolute atomic E-state index is 0.0786. The second-order valence-corrected chi connectivity index (χ2v) is 7.85. The van der Waals surface area contributed by atoms with Crippen molar-refractivity contribution < 1.29 is 9.21 Å². The number of allylic oxidation sites excluding steroid dienone is 2. The average molecular weight is 394 g/mol. The molecule has 0 atom stereocenters. The topological polar surface area (TPSA) is 59.2 Å². The van der Waals surface area contributed by atoms with E-state index in [1.54, 1.807) is 6.26 Å². The zero-order valence-electron chi connectivity index (χ0n) is 15.9. The lowest BCUT2D eigenvalue weighted by atomic mass is 10.0. The van der Waals surface area contributed by atoms with Crippen LogP contribution in [0.2, 0.25) is 0 Å². The number of carbonyl (C=O) groups excluding carboxylic acids is 1. The number of amides is 1. The Hall–Kier alpha value is -2.60. The van der Waals surface area contributed by atoms with Crippen LogP contribution in [-0.2, 0) is 11.3 Å². The van der Waals surface area contributed by atoms with Gasteiger partial charge in [0, 0.05) is 11.1 Å². The third-order valence-electron chi connectivity index (χ3n) is 4.82. The SMILES string of the molecule is Cc1nc(SCC(=O)N(Cc2ccco2)C2=CCCCC2)c2ccccc2n1. The van der Waals surface area contributed by atoms with Crippen LogP contribution in [0.25, 0.3) is 10.9 Å². The van der Waals surface area contributed by atoms with Gasteiger partial charge in [-0.05, 0) is 50.8 Å². The molecule has 0 saturated heterocycles. The van der Waals surface area contributed by atoms with Crippen molar-refractivity contribution >= 4 is 28.6 Å². The van der Waals surface area contributed by atoms with Gasteiger partial charge in [-0.1, -0.05) is 36.0 Å². The molecule has 3 aromatic rings. The zero-order valence-corrected chi connectivity index (χ0v) is 16.7. The Kier molecular flexibility index (Phi) is 5.76. The van der Waals surface area contributed by atoms with Crippen LogP contribution in [0, 0.1) is 6.92 Å². The molecule has 0 N–H and O–H groups in total. The van der Waals surface area contributed by atoms with Gasteiger partial charge >= 0.3 is 0 Å². The molecule has 1 amide bonds. The summed E-state index contributed by atoms with van der Waals surface area (Å²) in [4.78, 5) is 24.1. The van der Waals surface area contributed by atoms with Crippen LogP contribution in [0.5, 0.6) is 0 Å². The molecule has 144 valence electrons. The van der Waals surface area contributed by atoms with Crippen molar-refractivity contribution in [2.45, 2.75) is 44.2 Å². The monoisotopic (exact) mass is 393 g/mol. The van der Waals surface area contributed by atoms with Crippen molar-refractivity contribution in [2.24, 2.45) is 0 Å². The van der Waals surface area contributed by atoms with Crippen molar-refractivity contribution in [3.63, 3.8) is 0 Å². The van der Waals surface area contributed by atoms with E-state index in [1.165, 1.54) is 18.2 Å². The van der Waals surface area contributed by atoms with E-state index in [0.29, 0.717) is 12.3 Å². The highest BCUT2D eigenvalue weighted by Gasteiger charge is 2.21. The van der Waals surface area contributed by atoms with Crippen LogP contribution >= 0.6 is 11.8 Å². The average Bonchev–Trinajstić information content (AvgIpc) is 3.24. The Morgan fingerprint density at radius 2 is 2.07 bits per heavy atom. The van der Waals surface area contributed by atoms with Gasteiger partial charge in [-0.25, -0.2) is 9.97 Å².